The Morgan fingerprint density at radius 1 is 1.45 bits per heavy atom. The Morgan fingerprint density at radius 2 is 2.15 bits per heavy atom. The van der Waals surface area contributed by atoms with E-state index in [0.29, 0.717) is 17.2 Å². The number of aryl methyl sites for hydroxylation is 2. The summed E-state index contributed by atoms with van der Waals surface area (Å²) in [5, 5.41) is 12.2. The van der Waals surface area contributed by atoms with E-state index in [1.165, 1.54) is 17.7 Å². The van der Waals surface area contributed by atoms with Gasteiger partial charge in [-0.1, -0.05) is 6.92 Å². The zero-order valence-electron chi connectivity index (χ0n) is 11.3. The minimum atomic E-state index is -1.04. The van der Waals surface area contributed by atoms with Gasteiger partial charge in [-0.3, -0.25) is 4.79 Å². The van der Waals surface area contributed by atoms with Crippen LogP contribution >= 0.6 is 11.3 Å². The SMILES string of the molecule is CCc1c(C)sc(NC(=O)c2ncoc2C)c1C(=O)O. The van der Waals surface area contributed by atoms with Crippen LogP contribution in [0.15, 0.2) is 10.8 Å². The Labute approximate surface area is 119 Å². The van der Waals surface area contributed by atoms with Crippen molar-refractivity contribution < 1.29 is 19.1 Å². The van der Waals surface area contributed by atoms with Crippen LogP contribution in [0, 0.1) is 13.8 Å². The third-order valence-corrected chi connectivity index (χ3v) is 4.03. The number of carbonyl (C=O) groups excluding carboxylic acids is 1. The fraction of sp³-hybridized carbons (Fsp3) is 0.308. The summed E-state index contributed by atoms with van der Waals surface area (Å²) in [7, 11) is 0. The molecule has 0 radical (unpaired) electrons. The molecule has 0 aliphatic rings. The van der Waals surface area contributed by atoms with Crippen LogP contribution < -0.4 is 5.32 Å². The van der Waals surface area contributed by atoms with E-state index in [1.807, 2.05) is 13.8 Å². The van der Waals surface area contributed by atoms with Crippen molar-refractivity contribution in [2.75, 3.05) is 5.32 Å². The largest absolute Gasteiger partial charge is 0.478 e. The maximum atomic E-state index is 12.1. The van der Waals surface area contributed by atoms with Crippen LogP contribution in [-0.2, 0) is 6.42 Å². The molecule has 0 aromatic carbocycles. The van der Waals surface area contributed by atoms with Crippen molar-refractivity contribution in [3.8, 4) is 0 Å². The van der Waals surface area contributed by atoms with Gasteiger partial charge < -0.3 is 14.8 Å². The van der Waals surface area contributed by atoms with Gasteiger partial charge in [-0.2, -0.15) is 0 Å². The van der Waals surface area contributed by atoms with E-state index in [2.05, 4.69) is 10.3 Å². The first kappa shape index (κ1) is 14.3. The molecule has 0 aliphatic heterocycles. The Kier molecular flexibility index (Phi) is 3.89. The average molecular weight is 294 g/mol. The Bertz CT molecular complexity index is 672. The molecule has 2 aromatic rings. The van der Waals surface area contributed by atoms with Gasteiger partial charge in [0.2, 0.25) is 0 Å². The summed E-state index contributed by atoms with van der Waals surface area (Å²) >= 11 is 1.25. The van der Waals surface area contributed by atoms with Gasteiger partial charge in [-0.15, -0.1) is 11.3 Å². The van der Waals surface area contributed by atoms with Crippen LogP contribution in [0.25, 0.3) is 0 Å². The third kappa shape index (κ3) is 2.44. The van der Waals surface area contributed by atoms with Gasteiger partial charge in [0.1, 0.15) is 10.8 Å². The zero-order chi connectivity index (χ0) is 14.9. The molecule has 0 aliphatic carbocycles. The highest BCUT2D eigenvalue weighted by Gasteiger charge is 2.23. The van der Waals surface area contributed by atoms with E-state index >= 15 is 0 Å². The molecule has 0 saturated heterocycles. The van der Waals surface area contributed by atoms with Crippen molar-refractivity contribution in [2.24, 2.45) is 0 Å². The van der Waals surface area contributed by atoms with Crippen molar-refractivity contribution >= 4 is 28.2 Å². The number of hydrogen-bond acceptors (Lipinski definition) is 5. The molecular formula is C13H14N2O4S. The van der Waals surface area contributed by atoms with Gasteiger partial charge in [0.15, 0.2) is 12.1 Å². The van der Waals surface area contributed by atoms with Crippen molar-refractivity contribution in [1.82, 2.24) is 4.98 Å². The summed E-state index contributed by atoms with van der Waals surface area (Å²) < 4.78 is 4.97. The summed E-state index contributed by atoms with van der Waals surface area (Å²) in [5.74, 6) is -1.12. The first-order valence-corrected chi connectivity index (χ1v) is 6.84. The molecular weight excluding hydrogens is 280 g/mol. The molecule has 2 heterocycles. The van der Waals surface area contributed by atoms with Gasteiger partial charge >= 0.3 is 5.97 Å². The van der Waals surface area contributed by atoms with E-state index < -0.39 is 11.9 Å². The summed E-state index contributed by atoms with van der Waals surface area (Å²) in [6, 6.07) is 0. The number of aromatic carboxylic acids is 1. The molecule has 0 spiro atoms. The monoisotopic (exact) mass is 294 g/mol. The highest BCUT2D eigenvalue weighted by atomic mass is 32.1. The van der Waals surface area contributed by atoms with Crippen molar-refractivity contribution in [3.05, 3.63) is 33.9 Å². The lowest BCUT2D eigenvalue weighted by Gasteiger charge is -2.03. The van der Waals surface area contributed by atoms with Crippen molar-refractivity contribution in [3.63, 3.8) is 0 Å². The summed E-state index contributed by atoms with van der Waals surface area (Å²) in [5.41, 5.74) is 1.06. The summed E-state index contributed by atoms with van der Waals surface area (Å²) in [6.45, 7) is 5.35. The number of oxazole rings is 1. The number of thiophene rings is 1. The Morgan fingerprint density at radius 3 is 2.65 bits per heavy atom. The smallest absolute Gasteiger partial charge is 0.339 e. The van der Waals surface area contributed by atoms with E-state index in [9.17, 15) is 14.7 Å². The molecule has 0 saturated carbocycles. The Hall–Kier alpha value is -2.15. The minimum absolute atomic E-state index is 0.157. The van der Waals surface area contributed by atoms with Crippen LogP contribution in [0.1, 0.15) is 44.0 Å². The highest BCUT2D eigenvalue weighted by Crippen LogP contribution is 2.33. The summed E-state index contributed by atoms with van der Waals surface area (Å²) in [4.78, 5) is 28.1. The number of carbonyl (C=O) groups is 2. The zero-order valence-corrected chi connectivity index (χ0v) is 12.1. The van der Waals surface area contributed by atoms with Crippen LogP contribution in [-0.4, -0.2) is 22.0 Å². The number of nitrogens with zero attached hydrogens (tertiary/aromatic N) is 1. The summed E-state index contributed by atoms with van der Waals surface area (Å²) in [6.07, 6.45) is 1.78. The molecule has 1 amide bonds. The average Bonchev–Trinajstić information content (AvgIpc) is 2.92. The van der Waals surface area contributed by atoms with Gasteiger partial charge in [0.25, 0.3) is 5.91 Å². The van der Waals surface area contributed by atoms with E-state index in [0.717, 1.165) is 10.4 Å². The maximum absolute atomic E-state index is 12.1. The lowest BCUT2D eigenvalue weighted by atomic mass is 10.1. The van der Waals surface area contributed by atoms with E-state index in [-0.39, 0.29) is 11.3 Å². The number of carboxylic acids is 1. The lowest BCUT2D eigenvalue weighted by Crippen LogP contribution is -2.15. The number of carboxylic acid groups (broad SMARTS) is 1. The predicted molar refractivity (Wildman–Crippen MR) is 74.6 cm³/mol. The Balaban J connectivity index is 2.37. The fourth-order valence-electron chi connectivity index (χ4n) is 2.00. The molecule has 2 rings (SSSR count). The number of rotatable bonds is 4. The standard InChI is InChI=1S/C13H14N2O4S/c1-4-8-7(3)20-12(9(8)13(17)18)15-11(16)10-6(2)19-5-14-10/h5H,4H2,1-3H3,(H,15,16)(H,17,18). The second-order valence-electron chi connectivity index (χ2n) is 4.21. The van der Waals surface area contributed by atoms with Crippen LogP contribution in [0.3, 0.4) is 0 Å². The second kappa shape index (κ2) is 5.46. The van der Waals surface area contributed by atoms with Crippen molar-refractivity contribution in [1.29, 1.82) is 0 Å². The highest BCUT2D eigenvalue weighted by molar-refractivity contribution is 7.16. The number of aromatic nitrogens is 1. The molecule has 106 valence electrons. The molecule has 2 N–H and O–H groups in total. The number of nitrogens with one attached hydrogen (secondary N) is 1. The molecule has 6 nitrogen and oxygen atoms in total. The third-order valence-electron chi connectivity index (χ3n) is 2.96. The normalized spacial score (nSPS) is 10.6. The minimum Gasteiger partial charge on any atom is -0.478 e. The molecule has 0 unspecified atom stereocenters. The van der Waals surface area contributed by atoms with Crippen molar-refractivity contribution in [2.45, 2.75) is 27.2 Å². The molecule has 0 atom stereocenters. The maximum Gasteiger partial charge on any atom is 0.339 e. The van der Waals surface area contributed by atoms with Crippen LogP contribution in [0.5, 0.6) is 0 Å². The van der Waals surface area contributed by atoms with E-state index in [1.54, 1.807) is 6.92 Å². The quantitative estimate of drug-likeness (QED) is 0.904. The van der Waals surface area contributed by atoms with Gasteiger partial charge in [0.05, 0.1) is 5.56 Å². The van der Waals surface area contributed by atoms with Gasteiger partial charge in [0, 0.05) is 4.88 Å². The number of amides is 1. The lowest BCUT2D eigenvalue weighted by molar-refractivity contribution is 0.0697. The van der Waals surface area contributed by atoms with Gasteiger partial charge in [-0.25, -0.2) is 9.78 Å². The predicted octanol–water partition coefficient (Wildman–Crippen LogP) is 2.87. The topological polar surface area (TPSA) is 92.4 Å². The van der Waals surface area contributed by atoms with Gasteiger partial charge in [-0.05, 0) is 25.8 Å². The van der Waals surface area contributed by atoms with Crippen LogP contribution in [0.4, 0.5) is 5.00 Å². The van der Waals surface area contributed by atoms with Crippen LogP contribution in [0.2, 0.25) is 0 Å². The second-order valence-corrected chi connectivity index (χ2v) is 5.44. The number of anilines is 1. The molecule has 20 heavy (non-hydrogen) atoms. The van der Waals surface area contributed by atoms with E-state index in [4.69, 9.17) is 4.42 Å². The first-order valence-electron chi connectivity index (χ1n) is 6.02. The molecule has 2 aromatic heterocycles. The number of hydrogen-bond donors (Lipinski definition) is 2. The molecule has 7 heteroatoms. The molecule has 0 bridgehead atoms. The fourth-order valence-corrected chi connectivity index (χ4v) is 3.14. The molecule has 0 fully saturated rings. The first-order chi connectivity index (χ1) is 9.45.